The second-order valence-electron chi connectivity index (χ2n) is 4.64. The number of nitrogens with zero attached hydrogens (tertiary/aromatic N) is 3. The highest BCUT2D eigenvalue weighted by atomic mass is 35.5. The summed E-state index contributed by atoms with van der Waals surface area (Å²) in [5, 5.41) is 9.08. The Morgan fingerprint density at radius 3 is 2.67 bits per heavy atom. The summed E-state index contributed by atoms with van der Waals surface area (Å²) < 4.78 is 5.10. The standard InChI is InChI=1S/C16H10Cl3N3O2/c17-12-6-2-1-5-11(12)16-21-14(24-22-16)9-23-20-8-10-4-3-7-13(18)15(10)19/h1-8H,9H2/b20-8-. The number of hydrogen-bond acceptors (Lipinski definition) is 5. The second-order valence-corrected chi connectivity index (χ2v) is 5.83. The molecule has 5 nitrogen and oxygen atoms in total. The van der Waals surface area contributed by atoms with Crippen LogP contribution in [0.4, 0.5) is 0 Å². The number of benzene rings is 2. The normalized spacial score (nSPS) is 11.1. The van der Waals surface area contributed by atoms with Gasteiger partial charge in [-0.05, 0) is 18.2 Å². The van der Waals surface area contributed by atoms with Gasteiger partial charge in [-0.1, -0.05) is 69.4 Å². The predicted octanol–water partition coefficient (Wildman–Crippen LogP) is 5.25. The van der Waals surface area contributed by atoms with Gasteiger partial charge in [-0.2, -0.15) is 4.98 Å². The van der Waals surface area contributed by atoms with Gasteiger partial charge in [0, 0.05) is 11.1 Å². The topological polar surface area (TPSA) is 60.5 Å². The van der Waals surface area contributed by atoms with Crippen LogP contribution in [0, 0.1) is 0 Å². The first-order chi connectivity index (χ1) is 11.6. The number of hydrogen-bond donors (Lipinski definition) is 0. The van der Waals surface area contributed by atoms with E-state index in [2.05, 4.69) is 15.3 Å². The first kappa shape index (κ1) is 16.8. The van der Waals surface area contributed by atoms with Crippen molar-refractivity contribution in [2.24, 2.45) is 5.16 Å². The molecule has 0 fully saturated rings. The molecule has 0 aliphatic carbocycles. The van der Waals surface area contributed by atoms with E-state index < -0.39 is 0 Å². The Kier molecular flexibility index (Phi) is 5.35. The SMILES string of the molecule is Clc1ccccc1-c1noc(CO/N=C\c2cccc(Cl)c2Cl)n1. The zero-order chi connectivity index (χ0) is 16.9. The fraction of sp³-hybridized carbons (Fsp3) is 0.0625. The van der Waals surface area contributed by atoms with Gasteiger partial charge in [0.15, 0.2) is 6.61 Å². The Morgan fingerprint density at radius 1 is 1.04 bits per heavy atom. The third-order valence-electron chi connectivity index (χ3n) is 3.02. The molecular formula is C16H10Cl3N3O2. The first-order valence-electron chi connectivity index (χ1n) is 6.82. The monoisotopic (exact) mass is 381 g/mol. The fourth-order valence-corrected chi connectivity index (χ4v) is 2.45. The molecule has 0 aliphatic heterocycles. The molecular weight excluding hydrogens is 373 g/mol. The Labute approximate surface area is 152 Å². The molecule has 0 spiro atoms. The fourth-order valence-electron chi connectivity index (χ4n) is 1.87. The maximum absolute atomic E-state index is 6.09. The van der Waals surface area contributed by atoms with Crippen molar-refractivity contribution in [1.29, 1.82) is 0 Å². The van der Waals surface area contributed by atoms with Crippen LogP contribution in [0.5, 0.6) is 0 Å². The van der Waals surface area contributed by atoms with E-state index in [4.69, 9.17) is 44.2 Å². The first-order valence-corrected chi connectivity index (χ1v) is 7.95. The van der Waals surface area contributed by atoms with Gasteiger partial charge in [0.2, 0.25) is 5.82 Å². The van der Waals surface area contributed by atoms with Crippen molar-refractivity contribution in [3.8, 4) is 11.4 Å². The Morgan fingerprint density at radius 2 is 1.83 bits per heavy atom. The molecule has 0 atom stereocenters. The second kappa shape index (κ2) is 7.66. The minimum absolute atomic E-state index is 0.0200. The molecule has 8 heteroatoms. The van der Waals surface area contributed by atoms with E-state index in [1.54, 1.807) is 30.3 Å². The molecule has 122 valence electrons. The van der Waals surface area contributed by atoms with E-state index in [1.807, 2.05) is 12.1 Å². The van der Waals surface area contributed by atoms with Crippen LogP contribution in [0.1, 0.15) is 11.5 Å². The van der Waals surface area contributed by atoms with E-state index in [0.29, 0.717) is 32.0 Å². The van der Waals surface area contributed by atoms with Crippen LogP contribution in [0.15, 0.2) is 52.1 Å². The van der Waals surface area contributed by atoms with Crippen molar-refractivity contribution in [3.05, 3.63) is 69.0 Å². The van der Waals surface area contributed by atoms with Crippen LogP contribution >= 0.6 is 34.8 Å². The summed E-state index contributed by atoms with van der Waals surface area (Å²) in [7, 11) is 0. The number of oxime groups is 1. The van der Waals surface area contributed by atoms with Crippen molar-refractivity contribution in [2.45, 2.75) is 6.61 Å². The third kappa shape index (κ3) is 3.87. The van der Waals surface area contributed by atoms with Crippen LogP contribution < -0.4 is 0 Å². The Balaban J connectivity index is 1.63. The van der Waals surface area contributed by atoms with E-state index in [1.165, 1.54) is 6.21 Å². The number of halogens is 3. The zero-order valence-corrected chi connectivity index (χ0v) is 14.4. The molecule has 3 aromatic rings. The number of aromatic nitrogens is 2. The molecule has 0 amide bonds. The zero-order valence-electron chi connectivity index (χ0n) is 12.1. The molecule has 24 heavy (non-hydrogen) atoms. The lowest BCUT2D eigenvalue weighted by Gasteiger charge is -1.99. The highest BCUT2D eigenvalue weighted by Crippen LogP contribution is 2.25. The van der Waals surface area contributed by atoms with Crippen LogP contribution in [-0.2, 0) is 11.4 Å². The minimum Gasteiger partial charge on any atom is -0.386 e. The summed E-state index contributed by atoms with van der Waals surface area (Å²) in [4.78, 5) is 9.35. The van der Waals surface area contributed by atoms with Gasteiger partial charge in [-0.15, -0.1) is 0 Å². The van der Waals surface area contributed by atoms with Crippen molar-refractivity contribution in [2.75, 3.05) is 0 Å². The van der Waals surface area contributed by atoms with Crippen LogP contribution in [0.3, 0.4) is 0 Å². The summed E-state index contributed by atoms with van der Waals surface area (Å²) in [6.45, 7) is 0.0200. The molecule has 0 radical (unpaired) electrons. The largest absolute Gasteiger partial charge is 0.386 e. The van der Waals surface area contributed by atoms with Crippen molar-refractivity contribution in [1.82, 2.24) is 10.1 Å². The molecule has 1 aromatic heterocycles. The lowest BCUT2D eigenvalue weighted by molar-refractivity contribution is 0.107. The van der Waals surface area contributed by atoms with E-state index in [-0.39, 0.29) is 12.5 Å². The molecule has 0 aliphatic rings. The molecule has 0 saturated carbocycles. The summed E-state index contributed by atoms with van der Waals surface area (Å²) in [6, 6.07) is 12.4. The lowest BCUT2D eigenvalue weighted by atomic mass is 10.2. The van der Waals surface area contributed by atoms with Gasteiger partial charge in [-0.25, -0.2) is 0 Å². The van der Waals surface area contributed by atoms with Crippen LogP contribution in [0.25, 0.3) is 11.4 Å². The highest BCUT2D eigenvalue weighted by Gasteiger charge is 2.11. The van der Waals surface area contributed by atoms with E-state index in [9.17, 15) is 0 Å². The summed E-state index contributed by atoms with van der Waals surface area (Å²) in [5.41, 5.74) is 1.33. The van der Waals surface area contributed by atoms with E-state index >= 15 is 0 Å². The molecule has 1 heterocycles. The molecule has 0 bridgehead atoms. The molecule has 0 saturated heterocycles. The summed E-state index contributed by atoms with van der Waals surface area (Å²) in [5.74, 6) is 0.667. The Bertz CT molecular complexity index is 881. The molecule has 0 unspecified atom stereocenters. The van der Waals surface area contributed by atoms with Crippen LogP contribution in [-0.4, -0.2) is 16.4 Å². The van der Waals surface area contributed by atoms with Gasteiger partial charge >= 0.3 is 0 Å². The van der Waals surface area contributed by atoms with Crippen molar-refractivity contribution < 1.29 is 9.36 Å². The average Bonchev–Trinajstić information content (AvgIpc) is 3.04. The van der Waals surface area contributed by atoms with Crippen molar-refractivity contribution in [3.63, 3.8) is 0 Å². The molecule has 3 rings (SSSR count). The quantitative estimate of drug-likeness (QED) is 0.447. The van der Waals surface area contributed by atoms with Crippen molar-refractivity contribution >= 4 is 41.0 Å². The summed E-state index contributed by atoms with van der Waals surface area (Å²) >= 11 is 18.1. The molecule has 2 aromatic carbocycles. The smallest absolute Gasteiger partial charge is 0.267 e. The van der Waals surface area contributed by atoms with E-state index in [0.717, 1.165) is 0 Å². The maximum Gasteiger partial charge on any atom is 0.267 e. The lowest BCUT2D eigenvalue weighted by Crippen LogP contribution is -1.90. The van der Waals surface area contributed by atoms with Gasteiger partial charge in [-0.3, -0.25) is 0 Å². The minimum atomic E-state index is 0.0200. The predicted molar refractivity (Wildman–Crippen MR) is 93.6 cm³/mol. The average molecular weight is 383 g/mol. The van der Waals surface area contributed by atoms with Gasteiger partial charge < -0.3 is 9.36 Å². The van der Waals surface area contributed by atoms with Gasteiger partial charge in [0.25, 0.3) is 5.89 Å². The number of rotatable bonds is 5. The Hall–Kier alpha value is -2.08. The van der Waals surface area contributed by atoms with Gasteiger partial charge in [0.1, 0.15) is 0 Å². The maximum atomic E-state index is 6.09. The molecule has 0 N–H and O–H groups in total. The highest BCUT2D eigenvalue weighted by molar-refractivity contribution is 6.43. The summed E-state index contributed by atoms with van der Waals surface area (Å²) in [6.07, 6.45) is 1.46. The third-order valence-corrected chi connectivity index (χ3v) is 4.18. The van der Waals surface area contributed by atoms with Crippen LogP contribution in [0.2, 0.25) is 15.1 Å². The van der Waals surface area contributed by atoms with Gasteiger partial charge in [0.05, 0.1) is 21.3 Å².